The molecule has 1 aliphatic rings. The molecule has 1 aliphatic heterocycles. The maximum Gasteiger partial charge on any atom is 0.285 e. The second-order valence-corrected chi connectivity index (χ2v) is 6.87. The first kappa shape index (κ1) is 18.0. The summed E-state index contributed by atoms with van der Waals surface area (Å²) in [6, 6.07) is 20.5. The van der Waals surface area contributed by atoms with Gasteiger partial charge in [0.1, 0.15) is 6.54 Å². The van der Waals surface area contributed by atoms with Gasteiger partial charge < -0.3 is 15.1 Å². The fourth-order valence-corrected chi connectivity index (χ4v) is 3.55. The number of nitrogens with one attached hydrogen (secondary N) is 1. The average Bonchev–Trinajstić information content (AvgIpc) is 3.25. The molecule has 4 rings (SSSR count). The number of benzene rings is 2. The number of hydrogen-bond donors (Lipinski definition) is 2. The van der Waals surface area contributed by atoms with Crippen LogP contribution in [0.2, 0.25) is 0 Å². The molecule has 2 atom stereocenters. The zero-order chi connectivity index (χ0) is 19.5. The molecule has 3 N–H and O–H groups in total. The molecule has 2 amide bonds. The van der Waals surface area contributed by atoms with Crippen LogP contribution in [0.5, 0.6) is 0 Å². The number of furan rings is 1. The van der Waals surface area contributed by atoms with E-state index < -0.39 is 6.04 Å². The largest absolute Gasteiger partial charge is 0.463 e. The molecule has 0 spiro atoms. The van der Waals surface area contributed by atoms with E-state index in [2.05, 4.69) is 5.32 Å². The van der Waals surface area contributed by atoms with Gasteiger partial charge in [0.05, 0.1) is 17.6 Å². The van der Waals surface area contributed by atoms with Crippen molar-refractivity contribution < 1.29 is 19.3 Å². The number of nitrogens with two attached hydrogens (primary N) is 1. The predicted octanol–water partition coefficient (Wildman–Crippen LogP) is 2.31. The summed E-state index contributed by atoms with van der Waals surface area (Å²) in [5, 5.41) is 4.79. The van der Waals surface area contributed by atoms with Crippen LogP contribution in [0.4, 0.5) is 11.4 Å². The van der Waals surface area contributed by atoms with E-state index in [0.717, 1.165) is 17.0 Å². The van der Waals surface area contributed by atoms with Crippen molar-refractivity contribution in [1.82, 2.24) is 0 Å². The van der Waals surface area contributed by atoms with Crippen LogP contribution in [-0.4, -0.2) is 24.4 Å². The summed E-state index contributed by atoms with van der Waals surface area (Å²) in [5.41, 5.74) is 2.43. The molecule has 0 radical (unpaired) electrons. The molecule has 0 aliphatic carbocycles. The van der Waals surface area contributed by atoms with Crippen molar-refractivity contribution in [3.8, 4) is 0 Å². The Hall–Kier alpha value is -3.38. The molecule has 0 fully saturated rings. The third-order valence-corrected chi connectivity index (χ3v) is 4.92. The molecular formula is C22H22N3O3+. The van der Waals surface area contributed by atoms with Crippen LogP contribution in [0.1, 0.15) is 24.3 Å². The topological polar surface area (TPSA) is 79.2 Å². The average molecular weight is 376 g/mol. The molecule has 28 heavy (non-hydrogen) atoms. The second kappa shape index (κ2) is 7.70. The first-order valence-corrected chi connectivity index (χ1v) is 9.27. The summed E-state index contributed by atoms with van der Waals surface area (Å²) in [6.45, 7) is 1.88. The minimum absolute atomic E-state index is 0.0186. The molecule has 2 aromatic carbocycles. The third-order valence-electron chi connectivity index (χ3n) is 4.92. The van der Waals surface area contributed by atoms with Crippen molar-refractivity contribution in [2.45, 2.75) is 19.0 Å². The molecule has 2 heterocycles. The first-order chi connectivity index (χ1) is 13.6. The second-order valence-electron chi connectivity index (χ2n) is 6.87. The Morgan fingerprint density at radius 2 is 1.82 bits per heavy atom. The van der Waals surface area contributed by atoms with Gasteiger partial charge in [0, 0.05) is 5.56 Å². The van der Waals surface area contributed by atoms with Crippen LogP contribution >= 0.6 is 0 Å². The Morgan fingerprint density at radius 3 is 2.57 bits per heavy atom. The van der Waals surface area contributed by atoms with Crippen LogP contribution in [0.15, 0.2) is 77.4 Å². The molecule has 6 heteroatoms. The number of carbonyl (C=O) groups excluding carboxylic acids is 2. The Kier molecular flexibility index (Phi) is 4.95. The summed E-state index contributed by atoms with van der Waals surface area (Å²) >= 11 is 0. The fraction of sp³-hybridized carbons (Fsp3) is 0.182. The summed E-state index contributed by atoms with van der Waals surface area (Å²) < 4.78 is 5.63. The molecule has 0 unspecified atom stereocenters. The van der Waals surface area contributed by atoms with Gasteiger partial charge >= 0.3 is 0 Å². The molecule has 0 bridgehead atoms. The number of amides is 2. The third kappa shape index (κ3) is 3.54. The highest BCUT2D eigenvalue weighted by Gasteiger charge is 2.33. The molecule has 1 aromatic heterocycles. The van der Waals surface area contributed by atoms with E-state index in [1.807, 2.05) is 72.9 Å². The monoisotopic (exact) mass is 376 g/mol. The van der Waals surface area contributed by atoms with Gasteiger partial charge in [-0.15, -0.1) is 0 Å². The van der Waals surface area contributed by atoms with Crippen molar-refractivity contribution in [3.63, 3.8) is 0 Å². The van der Waals surface area contributed by atoms with E-state index in [0.29, 0.717) is 5.69 Å². The van der Waals surface area contributed by atoms with E-state index in [1.165, 1.54) is 0 Å². The van der Waals surface area contributed by atoms with Crippen LogP contribution < -0.4 is 15.5 Å². The normalized spacial score (nSPS) is 15.5. The van der Waals surface area contributed by atoms with Crippen LogP contribution in [0.25, 0.3) is 0 Å². The van der Waals surface area contributed by atoms with E-state index >= 15 is 0 Å². The highest BCUT2D eigenvalue weighted by atomic mass is 16.3. The van der Waals surface area contributed by atoms with Crippen LogP contribution in [-0.2, 0) is 9.59 Å². The van der Waals surface area contributed by atoms with Crippen molar-refractivity contribution in [3.05, 3.63) is 84.3 Å². The smallest absolute Gasteiger partial charge is 0.285 e. The van der Waals surface area contributed by atoms with Crippen LogP contribution in [0.3, 0.4) is 0 Å². The van der Waals surface area contributed by atoms with Gasteiger partial charge in [-0.3, -0.25) is 14.5 Å². The quantitative estimate of drug-likeness (QED) is 0.717. The van der Waals surface area contributed by atoms with Crippen molar-refractivity contribution in [2.24, 2.45) is 0 Å². The van der Waals surface area contributed by atoms with Gasteiger partial charge in [0.2, 0.25) is 5.91 Å². The molecule has 6 nitrogen and oxygen atoms in total. The lowest BCUT2D eigenvalue weighted by atomic mass is 10.0. The minimum atomic E-state index is -0.408. The zero-order valence-corrected chi connectivity index (χ0v) is 15.5. The van der Waals surface area contributed by atoms with Gasteiger partial charge in [0.25, 0.3) is 5.91 Å². The summed E-state index contributed by atoms with van der Waals surface area (Å²) in [6.07, 6.45) is 1.64. The predicted molar refractivity (Wildman–Crippen MR) is 106 cm³/mol. The summed E-state index contributed by atoms with van der Waals surface area (Å²) in [4.78, 5) is 26.8. The highest BCUT2D eigenvalue weighted by Crippen LogP contribution is 2.29. The molecule has 3 aromatic rings. The Bertz CT molecular complexity index is 970. The number of quaternary nitrogens is 1. The molecule has 0 saturated heterocycles. The molecule has 142 valence electrons. The highest BCUT2D eigenvalue weighted by molar-refractivity contribution is 6.10. The minimum Gasteiger partial charge on any atom is -0.463 e. The van der Waals surface area contributed by atoms with Crippen molar-refractivity contribution in [2.75, 3.05) is 16.8 Å². The summed E-state index contributed by atoms with van der Waals surface area (Å²) in [7, 11) is 0. The van der Waals surface area contributed by atoms with Gasteiger partial charge in [-0.25, -0.2) is 0 Å². The van der Waals surface area contributed by atoms with Gasteiger partial charge in [-0.05, 0) is 31.2 Å². The lowest BCUT2D eigenvalue weighted by molar-refractivity contribution is -0.706. The number of nitrogens with zero attached hydrogens (tertiary/aromatic N) is 1. The number of hydrogen-bond acceptors (Lipinski definition) is 3. The molecular weight excluding hydrogens is 354 g/mol. The maximum absolute atomic E-state index is 13.2. The first-order valence-electron chi connectivity index (χ1n) is 9.27. The Labute approximate surface area is 163 Å². The fourth-order valence-electron chi connectivity index (χ4n) is 3.55. The standard InChI is InChI=1S/C22H21N3O3/c1-15(22(27)25-14-20(26)24-17-10-5-6-11-18(17)25)23-21(19-12-7-13-28-19)16-8-3-2-4-9-16/h2-13,15,21,23H,14H2,1H3,(H,24,26)/p+1/t15-,21+/m1/s1. The Morgan fingerprint density at radius 1 is 1.07 bits per heavy atom. The molecule has 0 saturated carbocycles. The summed E-state index contributed by atoms with van der Waals surface area (Å²) in [5.74, 6) is 0.474. The van der Waals surface area contributed by atoms with Crippen molar-refractivity contribution in [1.29, 1.82) is 0 Å². The maximum atomic E-state index is 13.2. The van der Waals surface area contributed by atoms with Gasteiger partial charge in [-0.1, -0.05) is 42.5 Å². The lowest BCUT2D eigenvalue weighted by Gasteiger charge is -2.31. The Balaban J connectivity index is 1.59. The van der Waals surface area contributed by atoms with Crippen LogP contribution in [0, 0.1) is 0 Å². The zero-order valence-electron chi connectivity index (χ0n) is 15.5. The number of fused-ring (bicyclic) bond motifs is 1. The van der Waals surface area contributed by atoms with E-state index in [-0.39, 0.29) is 24.4 Å². The number of para-hydroxylation sites is 2. The van der Waals surface area contributed by atoms with Gasteiger partial charge in [0.15, 0.2) is 17.8 Å². The van der Waals surface area contributed by atoms with E-state index in [9.17, 15) is 9.59 Å². The SMILES string of the molecule is C[C@@H]([NH2+][C@@H](c1ccccc1)c1ccco1)C(=O)N1CC(=O)Nc2ccccc21. The lowest BCUT2D eigenvalue weighted by Crippen LogP contribution is -2.93. The van der Waals surface area contributed by atoms with E-state index in [4.69, 9.17) is 4.42 Å². The number of anilines is 2. The van der Waals surface area contributed by atoms with Gasteiger partial charge in [-0.2, -0.15) is 0 Å². The number of carbonyl (C=O) groups is 2. The van der Waals surface area contributed by atoms with Crippen molar-refractivity contribution >= 4 is 23.2 Å². The number of rotatable bonds is 5. The van der Waals surface area contributed by atoms with E-state index in [1.54, 1.807) is 17.2 Å².